The van der Waals surface area contributed by atoms with E-state index in [0.717, 1.165) is 11.3 Å². The van der Waals surface area contributed by atoms with Gasteiger partial charge in [-0.15, -0.1) is 0 Å². The third-order valence-electron chi connectivity index (χ3n) is 2.65. The normalized spacial score (nSPS) is 11.4. The molecule has 0 fully saturated rings. The summed E-state index contributed by atoms with van der Waals surface area (Å²) in [6.45, 7) is 0.512. The van der Waals surface area contributed by atoms with E-state index in [1.54, 1.807) is 12.3 Å². The molecule has 0 spiro atoms. The molecule has 1 heterocycles. The first-order valence-corrected chi connectivity index (χ1v) is 5.87. The Bertz CT molecular complexity index is 594. The fourth-order valence-electron chi connectivity index (χ4n) is 1.67. The van der Waals surface area contributed by atoms with Crippen LogP contribution in [0.4, 0.5) is 18.9 Å². The van der Waals surface area contributed by atoms with E-state index in [0.29, 0.717) is 11.3 Å². The Morgan fingerprint density at radius 2 is 1.95 bits per heavy atom. The van der Waals surface area contributed by atoms with Gasteiger partial charge in [-0.05, 0) is 31.2 Å². The maximum atomic E-state index is 12.1. The zero-order valence-corrected chi connectivity index (χ0v) is 10.7. The molecule has 0 saturated carbocycles. The average molecular weight is 282 g/mol. The average Bonchev–Trinajstić information content (AvgIpc) is 2.38. The molecule has 0 aliphatic rings. The minimum Gasteiger partial charge on any atom is -0.484 e. The summed E-state index contributed by atoms with van der Waals surface area (Å²) in [6.07, 6.45) is -2.75. The summed E-state index contributed by atoms with van der Waals surface area (Å²) in [5.41, 5.74) is 8.46. The molecule has 1 aromatic carbocycles. The summed E-state index contributed by atoms with van der Waals surface area (Å²) in [7, 11) is 0. The number of nitrogens with two attached hydrogens (primary N) is 1. The number of alkyl halides is 3. The quantitative estimate of drug-likeness (QED) is 0.875. The molecule has 0 aliphatic carbocycles. The highest BCUT2D eigenvalue weighted by molar-refractivity contribution is 5.77. The van der Waals surface area contributed by atoms with Crippen LogP contribution in [-0.4, -0.2) is 17.8 Å². The number of ether oxygens (including phenoxy) is 1. The van der Waals surface area contributed by atoms with Gasteiger partial charge >= 0.3 is 6.18 Å². The monoisotopic (exact) mass is 282 g/mol. The fourth-order valence-corrected chi connectivity index (χ4v) is 1.67. The van der Waals surface area contributed by atoms with Crippen molar-refractivity contribution in [2.75, 3.05) is 12.3 Å². The molecule has 6 heteroatoms. The molecular formula is C14H13F3N2O. The van der Waals surface area contributed by atoms with Gasteiger partial charge in [-0.3, -0.25) is 4.98 Å². The lowest BCUT2D eigenvalue weighted by Gasteiger charge is -2.12. The second kappa shape index (κ2) is 5.40. The topological polar surface area (TPSA) is 48.1 Å². The molecule has 106 valence electrons. The minimum atomic E-state index is -4.37. The molecule has 0 amide bonds. The number of rotatable bonds is 3. The van der Waals surface area contributed by atoms with Gasteiger partial charge in [0.1, 0.15) is 5.75 Å². The van der Waals surface area contributed by atoms with Crippen molar-refractivity contribution >= 4 is 5.69 Å². The molecule has 0 bridgehead atoms. The van der Waals surface area contributed by atoms with Crippen LogP contribution < -0.4 is 10.5 Å². The largest absolute Gasteiger partial charge is 0.484 e. The Hall–Kier alpha value is -2.24. The van der Waals surface area contributed by atoms with E-state index in [-0.39, 0.29) is 5.75 Å². The van der Waals surface area contributed by atoms with Gasteiger partial charge in [0.15, 0.2) is 6.61 Å². The Morgan fingerprint density at radius 3 is 2.55 bits per heavy atom. The summed E-state index contributed by atoms with van der Waals surface area (Å²) >= 11 is 0. The standard InChI is InChI=1S/C14H13F3N2O/c1-9-2-3-10(7-19-9)12-6-11(4-5-13(12)18)20-8-14(15,16)17/h2-7H,8,18H2,1H3. The first-order valence-electron chi connectivity index (χ1n) is 5.87. The second-order valence-corrected chi connectivity index (χ2v) is 4.34. The molecule has 3 nitrogen and oxygen atoms in total. The zero-order valence-electron chi connectivity index (χ0n) is 10.7. The van der Waals surface area contributed by atoms with Gasteiger partial charge in [0.2, 0.25) is 0 Å². The second-order valence-electron chi connectivity index (χ2n) is 4.34. The maximum Gasteiger partial charge on any atom is 0.422 e. The summed E-state index contributed by atoms with van der Waals surface area (Å²) in [5, 5.41) is 0. The number of pyridine rings is 1. The molecule has 1 aromatic heterocycles. The summed E-state index contributed by atoms with van der Waals surface area (Å²) in [5.74, 6) is 0.118. The van der Waals surface area contributed by atoms with E-state index in [4.69, 9.17) is 10.5 Å². The van der Waals surface area contributed by atoms with Crippen LogP contribution >= 0.6 is 0 Å². The van der Waals surface area contributed by atoms with Crippen molar-refractivity contribution in [3.63, 3.8) is 0 Å². The third-order valence-corrected chi connectivity index (χ3v) is 2.65. The third kappa shape index (κ3) is 3.63. The van der Waals surface area contributed by atoms with E-state index < -0.39 is 12.8 Å². The van der Waals surface area contributed by atoms with Crippen LogP contribution in [0, 0.1) is 6.92 Å². The van der Waals surface area contributed by atoms with Gasteiger partial charge in [-0.1, -0.05) is 6.07 Å². The predicted molar refractivity (Wildman–Crippen MR) is 70.4 cm³/mol. The Labute approximate surface area is 114 Å². The van der Waals surface area contributed by atoms with E-state index in [1.807, 2.05) is 13.0 Å². The molecule has 2 aromatic rings. The van der Waals surface area contributed by atoms with Crippen molar-refractivity contribution in [2.45, 2.75) is 13.1 Å². The van der Waals surface area contributed by atoms with Crippen molar-refractivity contribution in [3.8, 4) is 16.9 Å². The van der Waals surface area contributed by atoms with Crippen molar-refractivity contribution in [1.29, 1.82) is 0 Å². The van der Waals surface area contributed by atoms with Crippen molar-refractivity contribution in [3.05, 3.63) is 42.2 Å². The van der Waals surface area contributed by atoms with Gasteiger partial charge in [-0.2, -0.15) is 13.2 Å². The van der Waals surface area contributed by atoms with Gasteiger partial charge in [0.05, 0.1) is 0 Å². The molecule has 20 heavy (non-hydrogen) atoms. The summed E-state index contributed by atoms with van der Waals surface area (Å²) in [4.78, 5) is 4.14. The first kappa shape index (κ1) is 14.2. The number of hydrogen-bond donors (Lipinski definition) is 1. The Kier molecular flexibility index (Phi) is 3.83. The number of anilines is 1. The first-order chi connectivity index (χ1) is 9.35. The van der Waals surface area contributed by atoms with E-state index in [2.05, 4.69) is 4.98 Å². The number of aromatic nitrogens is 1. The maximum absolute atomic E-state index is 12.1. The number of nitrogens with zero attached hydrogens (tertiary/aromatic N) is 1. The molecule has 2 N–H and O–H groups in total. The molecule has 0 aliphatic heterocycles. The molecule has 0 atom stereocenters. The lowest BCUT2D eigenvalue weighted by molar-refractivity contribution is -0.153. The number of halogens is 3. The zero-order chi connectivity index (χ0) is 14.8. The van der Waals surface area contributed by atoms with Crippen molar-refractivity contribution < 1.29 is 17.9 Å². The van der Waals surface area contributed by atoms with Crippen LogP contribution in [0.1, 0.15) is 5.69 Å². The molecular weight excluding hydrogens is 269 g/mol. The fraction of sp³-hybridized carbons (Fsp3) is 0.214. The molecule has 0 saturated heterocycles. The molecule has 0 radical (unpaired) electrons. The van der Waals surface area contributed by atoms with Crippen molar-refractivity contribution in [2.24, 2.45) is 0 Å². The van der Waals surface area contributed by atoms with Crippen LogP contribution in [0.25, 0.3) is 11.1 Å². The highest BCUT2D eigenvalue weighted by Crippen LogP contribution is 2.30. The Balaban J connectivity index is 2.27. The van der Waals surface area contributed by atoms with Crippen LogP contribution in [0.2, 0.25) is 0 Å². The number of nitrogen functional groups attached to an aromatic ring is 1. The van der Waals surface area contributed by atoms with Gasteiger partial charge in [-0.25, -0.2) is 0 Å². The van der Waals surface area contributed by atoms with Crippen LogP contribution in [0.5, 0.6) is 5.75 Å². The van der Waals surface area contributed by atoms with Crippen LogP contribution in [-0.2, 0) is 0 Å². The van der Waals surface area contributed by atoms with E-state index in [9.17, 15) is 13.2 Å². The number of hydrogen-bond acceptors (Lipinski definition) is 3. The summed E-state index contributed by atoms with van der Waals surface area (Å²) in [6, 6.07) is 8.01. The Morgan fingerprint density at radius 1 is 1.20 bits per heavy atom. The molecule has 2 rings (SSSR count). The number of aryl methyl sites for hydroxylation is 1. The van der Waals surface area contributed by atoms with Crippen LogP contribution in [0.15, 0.2) is 36.5 Å². The predicted octanol–water partition coefficient (Wildman–Crippen LogP) is 3.58. The summed E-state index contributed by atoms with van der Waals surface area (Å²) < 4.78 is 41.1. The minimum absolute atomic E-state index is 0.118. The SMILES string of the molecule is Cc1ccc(-c2cc(OCC(F)(F)F)ccc2N)cn1. The van der Waals surface area contributed by atoms with E-state index in [1.165, 1.54) is 18.2 Å². The highest BCUT2D eigenvalue weighted by Gasteiger charge is 2.28. The van der Waals surface area contributed by atoms with Crippen molar-refractivity contribution in [1.82, 2.24) is 4.98 Å². The van der Waals surface area contributed by atoms with Gasteiger partial charge < -0.3 is 10.5 Å². The lowest BCUT2D eigenvalue weighted by Crippen LogP contribution is -2.19. The lowest BCUT2D eigenvalue weighted by atomic mass is 10.1. The van der Waals surface area contributed by atoms with E-state index >= 15 is 0 Å². The van der Waals surface area contributed by atoms with Gasteiger partial charge in [0.25, 0.3) is 0 Å². The van der Waals surface area contributed by atoms with Gasteiger partial charge in [0, 0.05) is 28.7 Å². The smallest absolute Gasteiger partial charge is 0.422 e. The highest BCUT2D eigenvalue weighted by atomic mass is 19.4. The number of benzene rings is 1. The molecule has 0 unspecified atom stereocenters. The van der Waals surface area contributed by atoms with Crippen LogP contribution in [0.3, 0.4) is 0 Å².